The molecular formula is C7H6N2O2. The Labute approximate surface area is 64.0 Å². The van der Waals surface area contributed by atoms with Crippen molar-refractivity contribution in [3.63, 3.8) is 0 Å². The molecule has 4 heteroatoms. The predicted molar refractivity (Wildman–Crippen MR) is 38.9 cm³/mol. The zero-order chi connectivity index (χ0) is 8.10. The summed E-state index contributed by atoms with van der Waals surface area (Å²) in [5.41, 5.74) is 2.49. The van der Waals surface area contributed by atoms with E-state index in [2.05, 4.69) is 6.54 Å². The molecule has 0 bridgehead atoms. The molecule has 1 N–H and O–H groups in total. The van der Waals surface area contributed by atoms with Gasteiger partial charge >= 0.3 is 0 Å². The van der Waals surface area contributed by atoms with Crippen LogP contribution in [0.2, 0.25) is 0 Å². The summed E-state index contributed by atoms with van der Waals surface area (Å²) in [6, 6.07) is 8.83. The van der Waals surface area contributed by atoms with Crippen molar-refractivity contribution in [1.29, 1.82) is 0 Å². The van der Waals surface area contributed by atoms with Crippen LogP contribution in [0.4, 0.5) is 0 Å². The fraction of sp³-hybridized carbons (Fsp3) is 0. The maximum absolute atomic E-state index is 9.80. The van der Waals surface area contributed by atoms with E-state index in [1.165, 1.54) is 0 Å². The van der Waals surface area contributed by atoms with Crippen molar-refractivity contribution in [1.82, 2.24) is 5.43 Å². The standard InChI is InChI=1S/C7H6N2O2/c10-9(11)8-6-7-4-2-1-3-5-7/h1-5,8H. The van der Waals surface area contributed by atoms with Crippen molar-refractivity contribution in [2.45, 2.75) is 0 Å². The van der Waals surface area contributed by atoms with E-state index in [1.807, 2.05) is 11.5 Å². The largest absolute Gasteiger partial charge is 0.235 e. The molecule has 0 aromatic heterocycles. The molecule has 1 aromatic carbocycles. The quantitative estimate of drug-likeness (QED) is 0.395. The Morgan fingerprint density at radius 1 is 1.36 bits per heavy atom. The van der Waals surface area contributed by atoms with Gasteiger partial charge in [0.2, 0.25) is 0 Å². The van der Waals surface area contributed by atoms with Gasteiger partial charge in [0.15, 0.2) is 11.6 Å². The van der Waals surface area contributed by atoms with E-state index in [-0.39, 0.29) is 0 Å². The summed E-state index contributed by atoms with van der Waals surface area (Å²) in [6.45, 7) is 2.40. The summed E-state index contributed by atoms with van der Waals surface area (Å²) >= 11 is 0. The minimum atomic E-state index is -0.660. The molecule has 1 aromatic rings. The average Bonchev–Trinajstić information content (AvgIpc) is 2.03. The van der Waals surface area contributed by atoms with E-state index >= 15 is 0 Å². The van der Waals surface area contributed by atoms with Crippen molar-refractivity contribution >= 4 is 0 Å². The molecule has 0 atom stereocenters. The predicted octanol–water partition coefficient (Wildman–Crippen LogP) is 0.855. The molecule has 0 spiro atoms. The number of nitrogens with one attached hydrogen (secondary N) is 1. The molecule has 1 rings (SSSR count). The van der Waals surface area contributed by atoms with Gasteiger partial charge in [-0.1, -0.05) is 30.3 Å². The van der Waals surface area contributed by atoms with E-state index in [1.54, 1.807) is 24.3 Å². The molecule has 2 radical (unpaired) electrons. The van der Waals surface area contributed by atoms with Gasteiger partial charge < -0.3 is 0 Å². The minimum Gasteiger partial charge on any atom is -0.235 e. The Balaban J connectivity index is 2.45. The molecule has 0 aliphatic rings. The van der Waals surface area contributed by atoms with Gasteiger partial charge in [0.1, 0.15) is 0 Å². The molecule has 0 aliphatic heterocycles. The SMILES string of the molecule is O=[N+]([O-])N[C]c1ccccc1. The number of hydrogen-bond donors (Lipinski definition) is 1. The van der Waals surface area contributed by atoms with Crippen LogP contribution in [-0.2, 0) is 0 Å². The Kier molecular flexibility index (Phi) is 2.43. The van der Waals surface area contributed by atoms with Gasteiger partial charge in [-0.15, -0.1) is 5.43 Å². The zero-order valence-electron chi connectivity index (χ0n) is 5.65. The Bertz CT molecular complexity index is 235. The maximum atomic E-state index is 9.80. The first-order valence-electron chi connectivity index (χ1n) is 3.00. The monoisotopic (exact) mass is 150 g/mol. The van der Waals surface area contributed by atoms with Gasteiger partial charge in [-0.2, -0.15) is 0 Å². The molecule has 0 unspecified atom stereocenters. The van der Waals surface area contributed by atoms with Crippen LogP contribution in [0.5, 0.6) is 0 Å². The molecule has 0 fully saturated rings. The Morgan fingerprint density at radius 3 is 2.55 bits per heavy atom. The number of hydrogen-bond acceptors (Lipinski definition) is 2. The van der Waals surface area contributed by atoms with E-state index in [4.69, 9.17) is 0 Å². The van der Waals surface area contributed by atoms with Crippen molar-refractivity contribution in [3.8, 4) is 0 Å². The third-order valence-corrected chi connectivity index (χ3v) is 1.07. The lowest BCUT2D eigenvalue weighted by molar-refractivity contribution is -0.536. The fourth-order valence-electron chi connectivity index (χ4n) is 0.632. The van der Waals surface area contributed by atoms with E-state index in [0.29, 0.717) is 5.56 Å². The van der Waals surface area contributed by atoms with Crippen molar-refractivity contribution < 1.29 is 5.03 Å². The second-order valence-electron chi connectivity index (χ2n) is 1.86. The van der Waals surface area contributed by atoms with Crippen LogP contribution in [0, 0.1) is 16.7 Å². The average molecular weight is 150 g/mol. The summed E-state index contributed by atoms with van der Waals surface area (Å²) in [5, 5.41) is 9.14. The number of nitrogens with zero attached hydrogens (tertiary/aromatic N) is 1. The maximum Gasteiger partial charge on any atom is 0.193 e. The van der Waals surface area contributed by atoms with Crippen LogP contribution in [0.1, 0.15) is 5.56 Å². The molecular weight excluding hydrogens is 144 g/mol. The number of hydrazine groups is 1. The topological polar surface area (TPSA) is 55.2 Å². The van der Waals surface area contributed by atoms with Crippen molar-refractivity contribution in [3.05, 3.63) is 52.6 Å². The van der Waals surface area contributed by atoms with Gasteiger partial charge in [0, 0.05) is 0 Å². The molecule has 0 aliphatic carbocycles. The zero-order valence-corrected chi connectivity index (χ0v) is 5.65. The molecule has 4 nitrogen and oxygen atoms in total. The number of benzene rings is 1. The van der Waals surface area contributed by atoms with Crippen LogP contribution in [0.25, 0.3) is 0 Å². The first-order valence-corrected chi connectivity index (χ1v) is 3.00. The summed E-state index contributed by atoms with van der Waals surface area (Å²) in [5.74, 6) is 0. The fourth-order valence-corrected chi connectivity index (χ4v) is 0.632. The second kappa shape index (κ2) is 3.55. The van der Waals surface area contributed by atoms with Gasteiger partial charge in [-0.3, -0.25) is 0 Å². The van der Waals surface area contributed by atoms with Crippen LogP contribution in [-0.4, -0.2) is 5.03 Å². The highest BCUT2D eigenvalue weighted by Gasteiger charge is 1.96. The van der Waals surface area contributed by atoms with Crippen LogP contribution in [0.3, 0.4) is 0 Å². The van der Waals surface area contributed by atoms with Crippen LogP contribution >= 0.6 is 0 Å². The summed E-state index contributed by atoms with van der Waals surface area (Å²) in [7, 11) is 0. The van der Waals surface area contributed by atoms with Crippen LogP contribution in [0.15, 0.2) is 30.3 Å². The highest BCUT2D eigenvalue weighted by Crippen LogP contribution is 1.98. The van der Waals surface area contributed by atoms with E-state index < -0.39 is 5.03 Å². The lowest BCUT2D eigenvalue weighted by Crippen LogP contribution is -2.18. The van der Waals surface area contributed by atoms with E-state index in [0.717, 1.165) is 0 Å². The first-order chi connectivity index (χ1) is 5.29. The smallest absolute Gasteiger partial charge is 0.193 e. The third kappa shape index (κ3) is 2.66. The molecule has 0 saturated carbocycles. The molecule has 11 heavy (non-hydrogen) atoms. The summed E-state index contributed by atoms with van der Waals surface area (Å²) in [4.78, 5) is 9.80. The molecule has 0 heterocycles. The Hall–Kier alpha value is -1.58. The Morgan fingerprint density at radius 2 is 2.00 bits per heavy atom. The first kappa shape index (κ1) is 7.53. The highest BCUT2D eigenvalue weighted by atomic mass is 16.7. The van der Waals surface area contributed by atoms with Crippen molar-refractivity contribution in [2.24, 2.45) is 0 Å². The lowest BCUT2D eigenvalue weighted by atomic mass is 10.2. The number of rotatable bonds is 3. The minimum absolute atomic E-state index is 0.657. The van der Waals surface area contributed by atoms with Crippen molar-refractivity contribution in [2.75, 3.05) is 0 Å². The van der Waals surface area contributed by atoms with Gasteiger partial charge in [-0.05, 0) is 5.56 Å². The van der Waals surface area contributed by atoms with Gasteiger partial charge in [0.05, 0.1) is 0 Å². The van der Waals surface area contributed by atoms with Gasteiger partial charge in [-0.25, -0.2) is 10.1 Å². The third-order valence-electron chi connectivity index (χ3n) is 1.07. The molecule has 0 saturated heterocycles. The van der Waals surface area contributed by atoms with Gasteiger partial charge in [0.25, 0.3) is 0 Å². The number of nitro groups is 1. The molecule has 56 valence electrons. The molecule has 0 amide bonds. The normalized spacial score (nSPS) is 9.09. The second-order valence-corrected chi connectivity index (χ2v) is 1.86. The van der Waals surface area contributed by atoms with Crippen LogP contribution < -0.4 is 5.43 Å². The van der Waals surface area contributed by atoms with E-state index in [9.17, 15) is 10.1 Å². The highest BCUT2D eigenvalue weighted by molar-refractivity contribution is 5.20. The lowest BCUT2D eigenvalue weighted by Gasteiger charge is -1.93. The summed E-state index contributed by atoms with van der Waals surface area (Å²) in [6.07, 6.45) is 0. The summed E-state index contributed by atoms with van der Waals surface area (Å²) < 4.78 is 0.